The van der Waals surface area contributed by atoms with E-state index >= 15 is 0 Å². The van der Waals surface area contributed by atoms with E-state index in [9.17, 15) is 15.3 Å². The van der Waals surface area contributed by atoms with Crippen LogP contribution in [0.1, 0.15) is 16.7 Å². The van der Waals surface area contributed by atoms with Gasteiger partial charge in [0, 0.05) is 6.04 Å². The summed E-state index contributed by atoms with van der Waals surface area (Å²) in [6.07, 6.45) is -0.478. The molecule has 0 amide bonds. The molecule has 4 heterocycles. The van der Waals surface area contributed by atoms with Crippen LogP contribution in [0.5, 0.6) is 5.75 Å². The molecule has 11 heteroatoms. The Bertz CT molecular complexity index is 1170. The molecular weight excluding hydrogens is 416 g/mol. The average Bonchev–Trinajstić information content (AvgIpc) is 3.33. The fourth-order valence-corrected chi connectivity index (χ4v) is 4.54. The van der Waals surface area contributed by atoms with Crippen molar-refractivity contribution in [2.75, 3.05) is 18.9 Å². The van der Waals surface area contributed by atoms with Gasteiger partial charge in [0.25, 0.3) is 0 Å². The Morgan fingerprint density at radius 3 is 2.81 bits per heavy atom. The van der Waals surface area contributed by atoms with Crippen LogP contribution in [0.25, 0.3) is 11.2 Å². The van der Waals surface area contributed by atoms with E-state index in [1.807, 2.05) is 26.0 Å². The van der Waals surface area contributed by atoms with E-state index < -0.39 is 30.8 Å². The topological polar surface area (TPSA) is 161 Å². The molecule has 5 atom stereocenters. The maximum Gasteiger partial charge on any atom is 0.234 e. The minimum absolute atomic E-state index is 0.177. The molecule has 0 aliphatic carbocycles. The van der Waals surface area contributed by atoms with Crippen LogP contribution in [0.15, 0.2) is 24.8 Å². The van der Waals surface area contributed by atoms with Crippen molar-refractivity contribution in [3.63, 3.8) is 0 Å². The number of nitrogens with zero attached hydrogens (tertiary/aromatic N) is 4. The SMILES string of the molecule is Cc1ccc2c(c1C)OCC(N[C@@]1(n3cnc4c(N)ncnc43)O[C@H](CO)[C@@H](O)[C@H]1O)C2. The van der Waals surface area contributed by atoms with Crippen LogP contribution in [0.2, 0.25) is 0 Å². The first kappa shape index (κ1) is 21.0. The second kappa shape index (κ2) is 7.64. The molecule has 0 radical (unpaired) electrons. The van der Waals surface area contributed by atoms with Crippen LogP contribution < -0.4 is 15.8 Å². The second-order valence-corrected chi connectivity index (χ2v) is 8.37. The summed E-state index contributed by atoms with van der Waals surface area (Å²) in [5.41, 5.74) is 9.86. The highest BCUT2D eigenvalue weighted by Crippen LogP contribution is 2.38. The number of aliphatic hydroxyl groups excluding tert-OH is 3. The molecule has 5 rings (SSSR count). The first-order valence-electron chi connectivity index (χ1n) is 10.4. The molecule has 0 bridgehead atoms. The lowest BCUT2D eigenvalue weighted by Crippen LogP contribution is -2.61. The summed E-state index contributed by atoms with van der Waals surface area (Å²) in [6, 6.07) is 3.79. The number of aliphatic hydroxyl groups is 3. The maximum absolute atomic E-state index is 11.1. The van der Waals surface area contributed by atoms with Crippen molar-refractivity contribution in [3.05, 3.63) is 41.5 Å². The molecule has 1 unspecified atom stereocenters. The van der Waals surface area contributed by atoms with Crippen molar-refractivity contribution in [1.82, 2.24) is 24.8 Å². The largest absolute Gasteiger partial charge is 0.491 e. The first-order chi connectivity index (χ1) is 15.4. The number of aryl methyl sites for hydroxylation is 1. The molecule has 3 aromatic rings. The Morgan fingerprint density at radius 2 is 2.06 bits per heavy atom. The van der Waals surface area contributed by atoms with Gasteiger partial charge in [-0.3, -0.25) is 9.88 Å². The summed E-state index contributed by atoms with van der Waals surface area (Å²) in [5.74, 6) is -0.614. The Morgan fingerprint density at radius 1 is 1.25 bits per heavy atom. The quantitative estimate of drug-likeness (QED) is 0.351. The Balaban J connectivity index is 1.56. The molecule has 1 aromatic carbocycles. The number of imidazole rings is 1. The fraction of sp³-hybridized carbons (Fsp3) is 0.476. The minimum atomic E-state index is -1.66. The zero-order valence-electron chi connectivity index (χ0n) is 17.8. The van der Waals surface area contributed by atoms with Crippen molar-refractivity contribution in [2.24, 2.45) is 0 Å². The number of nitrogens with two attached hydrogens (primary N) is 1. The standard InChI is InChI=1S/C21H26N6O5/c1-10-3-4-12-5-13(7-31-17(12)11(10)2)26-21(18(30)16(29)14(6-28)32-21)27-9-25-15-19(22)23-8-24-20(15)27/h3-4,8-9,13-14,16,18,26,28-30H,5-7H2,1-2H3,(H2,22,23,24)/t13?,14-,16-,18-,21+/m1/s1. The number of anilines is 1. The van der Waals surface area contributed by atoms with E-state index in [0.717, 1.165) is 22.4 Å². The molecular formula is C21H26N6O5. The molecule has 1 fully saturated rings. The number of rotatable bonds is 4. The minimum Gasteiger partial charge on any atom is -0.491 e. The summed E-state index contributed by atoms with van der Waals surface area (Å²) >= 11 is 0. The van der Waals surface area contributed by atoms with Crippen molar-refractivity contribution >= 4 is 17.0 Å². The van der Waals surface area contributed by atoms with E-state index in [-0.39, 0.29) is 11.9 Å². The van der Waals surface area contributed by atoms with Gasteiger partial charge in [0.2, 0.25) is 5.85 Å². The number of hydrogen-bond acceptors (Lipinski definition) is 10. The molecule has 2 aromatic heterocycles. The third-order valence-corrected chi connectivity index (χ3v) is 6.40. The number of nitrogens with one attached hydrogen (secondary N) is 1. The van der Waals surface area contributed by atoms with Gasteiger partial charge < -0.3 is 30.5 Å². The average molecular weight is 442 g/mol. The highest BCUT2D eigenvalue weighted by Gasteiger charge is 2.57. The smallest absolute Gasteiger partial charge is 0.234 e. The number of fused-ring (bicyclic) bond motifs is 2. The number of benzene rings is 1. The lowest BCUT2D eigenvalue weighted by Gasteiger charge is -2.39. The second-order valence-electron chi connectivity index (χ2n) is 8.37. The van der Waals surface area contributed by atoms with Gasteiger partial charge in [0.1, 0.15) is 48.8 Å². The van der Waals surface area contributed by atoms with Crippen LogP contribution in [-0.4, -0.2) is 72.4 Å². The predicted octanol–water partition coefficient (Wildman–Crippen LogP) is -0.658. The van der Waals surface area contributed by atoms with Crippen molar-refractivity contribution < 1.29 is 24.8 Å². The van der Waals surface area contributed by atoms with Gasteiger partial charge in [0.15, 0.2) is 11.5 Å². The lowest BCUT2D eigenvalue weighted by atomic mass is 9.96. The molecule has 0 saturated carbocycles. The predicted molar refractivity (Wildman–Crippen MR) is 114 cm³/mol. The number of ether oxygens (including phenoxy) is 2. The van der Waals surface area contributed by atoms with Crippen molar-refractivity contribution in [3.8, 4) is 5.75 Å². The fourth-order valence-electron chi connectivity index (χ4n) is 4.54. The summed E-state index contributed by atoms with van der Waals surface area (Å²) in [6.45, 7) is 3.90. The summed E-state index contributed by atoms with van der Waals surface area (Å²) in [5, 5.41) is 34.7. The molecule has 0 spiro atoms. The van der Waals surface area contributed by atoms with Gasteiger partial charge in [-0.05, 0) is 37.0 Å². The highest BCUT2D eigenvalue weighted by atomic mass is 16.6. The van der Waals surface area contributed by atoms with Crippen LogP contribution in [0.4, 0.5) is 5.82 Å². The van der Waals surface area contributed by atoms with Gasteiger partial charge in [-0.1, -0.05) is 12.1 Å². The van der Waals surface area contributed by atoms with Crippen molar-refractivity contribution in [2.45, 2.75) is 50.5 Å². The zero-order valence-corrected chi connectivity index (χ0v) is 17.8. The normalized spacial score (nSPS) is 29.8. The van der Waals surface area contributed by atoms with Crippen LogP contribution >= 0.6 is 0 Å². The van der Waals surface area contributed by atoms with Crippen LogP contribution in [0, 0.1) is 13.8 Å². The Hall–Kier alpha value is -2.83. The van der Waals surface area contributed by atoms with Crippen molar-refractivity contribution in [1.29, 1.82) is 0 Å². The number of hydrogen-bond donors (Lipinski definition) is 5. The summed E-state index contributed by atoms with van der Waals surface area (Å²) < 4.78 is 13.6. The molecule has 170 valence electrons. The van der Waals surface area contributed by atoms with Gasteiger partial charge in [-0.25, -0.2) is 15.0 Å². The molecule has 2 aliphatic heterocycles. The lowest BCUT2D eigenvalue weighted by molar-refractivity contribution is -0.175. The van der Waals surface area contributed by atoms with Crippen LogP contribution in [-0.2, 0) is 17.0 Å². The van der Waals surface area contributed by atoms with E-state index in [1.54, 1.807) is 0 Å². The molecule has 11 nitrogen and oxygen atoms in total. The third-order valence-electron chi connectivity index (χ3n) is 6.40. The summed E-state index contributed by atoms with van der Waals surface area (Å²) in [7, 11) is 0. The first-order valence-corrected chi connectivity index (χ1v) is 10.4. The van der Waals surface area contributed by atoms with Gasteiger partial charge in [0.05, 0.1) is 6.61 Å². The number of aromatic nitrogens is 4. The summed E-state index contributed by atoms with van der Waals surface area (Å²) in [4.78, 5) is 12.5. The third kappa shape index (κ3) is 3.05. The van der Waals surface area contributed by atoms with E-state index in [2.05, 4.69) is 20.3 Å². The van der Waals surface area contributed by atoms with Gasteiger partial charge >= 0.3 is 0 Å². The monoisotopic (exact) mass is 442 g/mol. The number of nitrogen functional groups attached to an aromatic ring is 1. The van der Waals surface area contributed by atoms with E-state index in [1.165, 1.54) is 17.2 Å². The molecule has 2 aliphatic rings. The van der Waals surface area contributed by atoms with Gasteiger partial charge in [-0.2, -0.15) is 0 Å². The molecule has 1 saturated heterocycles. The Kier molecular flexibility index (Phi) is 5.02. The van der Waals surface area contributed by atoms with Gasteiger partial charge in [-0.15, -0.1) is 0 Å². The van der Waals surface area contributed by atoms with E-state index in [0.29, 0.717) is 24.2 Å². The van der Waals surface area contributed by atoms with Crippen LogP contribution in [0.3, 0.4) is 0 Å². The highest BCUT2D eigenvalue weighted by molar-refractivity contribution is 5.81. The molecule has 32 heavy (non-hydrogen) atoms. The Labute approximate surface area is 183 Å². The molecule has 6 N–H and O–H groups in total. The van der Waals surface area contributed by atoms with E-state index in [4.69, 9.17) is 15.2 Å². The maximum atomic E-state index is 11.1. The zero-order chi connectivity index (χ0) is 22.6.